The van der Waals surface area contributed by atoms with Crippen LogP contribution in [0.5, 0.6) is 0 Å². The van der Waals surface area contributed by atoms with E-state index in [4.69, 9.17) is 5.11 Å². The van der Waals surface area contributed by atoms with Crippen molar-refractivity contribution >= 4 is 28.1 Å². The van der Waals surface area contributed by atoms with Gasteiger partial charge in [-0.05, 0) is 24.6 Å². The van der Waals surface area contributed by atoms with Gasteiger partial charge in [0.15, 0.2) is 5.13 Å². The molecular formula is C12H11FN2O2S. The molecule has 2 aromatic rings. The summed E-state index contributed by atoms with van der Waals surface area (Å²) < 4.78 is 12.7. The Morgan fingerprint density at radius 1 is 1.44 bits per heavy atom. The average molecular weight is 266 g/mol. The number of benzene rings is 1. The van der Waals surface area contributed by atoms with Gasteiger partial charge < -0.3 is 10.4 Å². The van der Waals surface area contributed by atoms with Crippen LogP contribution in [0.2, 0.25) is 0 Å². The number of nitrogens with one attached hydrogen (secondary N) is 1. The van der Waals surface area contributed by atoms with Crippen molar-refractivity contribution in [2.24, 2.45) is 0 Å². The van der Waals surface area contributed by atoms with Gasteiger partial charge in [-0.1, -0.05) is 12.1 Å². The first-order valence-corrected chi connectivity index (χ1v) is 6.15. The van der Waals surface area contributed by atoms with Crippen LogP contribution in [0.25, 0.3) is 0 Å². The molecule has 6 heteroatoms. The smallest absolute Gasteiger partial charge is 0.310 e. The number of carboxylic acids is 1. The third kappa shape index (κ3) is 2.84. The summed E-state index contributed by atoms with van der Waals surface area (Å²) in [5, 5.41) is 13.6. The molecule has 1 aromatic heterocycles. The van der Waals surface area contributed by atoms with Crippen LogP contribution in [0.3, 0.4) is 0 Å². The summed E-state index contributed by atoms with van der Waals surface area (Å²) in [7, 11) is 0. The van der Waals surface area contributed by atoms with Gasteiger partial charge in [-0.3, -0.25) is 4.79 Å². The first-order valence-electron chi connectivity index (χ1n) is 5.27. The van der Waals surface area contributed by atoms with Crippen LogP contribution in [0.1, 0.15) is 18.4 Å². The number of hydrogen-bond acceptors (Lipinski definition) is 4. The fraction of sp³-hybridized carbons (Fsp3) is 0.167. The van der Waals surface area contributed by atoms with E-state index in [1.807, 2.05) is 0 Å². The molecule has 0 aliphatic heterocycles. The predicted octanol–water partition coefficient (Wildman–Crippen LogP) is 3.21. The zero-order chi connectivity index (χ0) is 13.1. The molecule has 0 unspecified atom stereocenters. The van der Waals surface area contributed by atoms with Crippen LogP contribution in [-0.2, 0) is 4.79 Å². The maximum atomic E-state index is 12.7. The van der Waals surface area contributed by atoms with Gasteiger partial charge in [-0.2, -0.15) is 9.37 Å². The van der Waals surface area contributed by atoms with E-state index in [1.165, 1.54) is 16.7 Å². The molecular weight excluding hydrogens is 255 g/mol. The SMILES string of the molecule is C[C@H](C(=O)O)c1ccc(Nc2nc(F)cs2)cc1. The number of aliphatic carboxylic acids is 1. The van der Waals surface area contributed by atoms with Crippen molar-refractivity contribution in [2.45, 2.75) is 12.8 Å². The maximum Gasteiger partial charge on any atom is 0.310 e. The maximum absolute atomic E-state index is 12.7. The lowest BCUT2D eigenvalue weighted by atomic mass is 10.0. The Morgan fingerprint density at radius 2 is 2.11 bits per heavy atom. The summed E-state index contributed by atoms with van der Waals surface area (Å²) in [4.78, 5) is 14.5. The Bertz CT molecular complexity index is 553. The number of rotatable bonds is 4. The van der Waals surface area contributed by atoms with Crippen molar-refractivity contribution in [3.05, 3.63) is 41.2 Å². The highest BCUT2D eigenvalue weighted by Crippen LogP contribution is 2.22. The fourth-order valence-electron chi connectivity index (χ4n) is 1.43. The molecule has 0 amide bonds. The second-order valence-corrected chi connectivity index (χ2v) is 4.64. The zero-order valence-electron chi connectivity index (χ0n) is 9.55. The first kappa shape index (κ1) is 12.5. The molecule has 1 aromatic carbocycles. The van der Waals surface area contributed by atoms with Gasteiger partial charge in [-0.25, -0.2) is 0 Å². The number of carbonyl (C=O) groups is 1. The average Bonchev–Trinajstić information content (AvgIpc) is 2.75. The van der Waals surface area contributed by atoms with Crippen molar-refractivity contribution in [1.82, 2.24) is 4.98 Å². The van der Waals surface area contributed by atoms with Crippen LogP contribution < -0.4 is 5.32 Å². The normalized spacial score (nSPS) is 12.1. The number of thiazole rings is 1. The van der Waals surface area contributed by atoms with E-state index < -0.39 is 17.8 Å². The van der Waals surface area contributed by atoms with E-state index in [2.05, 4.69) is 10.3 Å². The Morgan fingerprint density at radius 3 is 2.61 bits per heavy atom. The van der Waals surface area contributed by atoms with E-state index in [9.17, 15) is 9.18 Å². The monoisotopic (exact) mass is 266 g/mol. The van der Waals surface area contributed by atoms with E-state index in [0.717, 1.165) is 11.3 Å². The highest BCUT2D eigenvalue weighted by Gasteiger charge is 2.13. The van der Waals surface area contributed by atoms with Crippen molar-refractivity contribution in [2.75, 3.05) is 5.32 Å². The predicted molar refractivity (Wildman–Crippen MR) is 67.8 cm³/mol. The Hall–Kier alpha value is -1.95. The standard InChI is InChI=1S/C12H11FN2O2S/c1-7(11(16)17)8-2-4-9(5-3-8)14-12-15-10(13)6-18-12/h2-7H,1H3,(H,14,15)(H,16,17)/t7-/m0/s1. The van der Waals surface area contributed by atoms with E-state index in [0.29, 0.717) is 5.13 Å². The molecule has 0 radical (unpaired) electrons. The molecule has 0 fully saturated rings. The number of aromatic nitrogens is 1. The summed E-state index contributed by atoms with van der Waals surface area (Å²) in [6, 6.07) is 6.94. The molecule has 94 valence electrons. The first-order chi connectivity index (χ1) is 8.56. The van der Waals surface area contributed by atoms with Crippen molar-refractivity contribution < 1.29 is 14.3 Å². The van der Waals surface area contributed by atoms with Gasteiger partial charge in [0.25, 0.3) is 0 Å². The molecule has 0 saturated carbocycles. The fourth-order valence-corrected chi connectivity index (χ4v) is 2.01. The van der Waals surface area contributed by atoms with Gasteiger partial charge in [0, 0.05) is 11.1 Å². The second-order valence-electron chi connectivity index (χ2n) is 3.78. The molecule has 0 aliphatic carbocycles. The number of carboxylic acid groups (broad SMARTS) is 1. The lowest BCUT2D eigenvalue weighted by Crippen LogP contribution is -2.07. The molecule has 18 heavy (non-hydrogen) atoms. The number of halogens is 1. The van der Waals surface area contributed by atoms with Crippen molar-refractivity contribution in [1.29, 1.82) is 0 Å². The highest BCUT2D eigenvalue weighted by atomic mass is 32.1. The van der Waals surface area contributed by atoms with Gasteiger partial charge in [0.1, 0.15) is 0 Å². The Labute approximate surface area is 107 Å². The minimum Gasteiger partial charge on any atom is -0.481 e. The highest BCUT2D eigenvalue weighted by molar-refractivity contribution is 7.13. The topological polar surface area (TPSA) is 62.2 Å². The molecule has 0 bridgehead atoms. The van der Waals surface area contributed by atoms with Gasteiger partial charge >= 0.3 is 5.97 Å². The molecule has 2 N–H and O–H groups in total. The van der Waals surface area contributed by atoms with E-state index >= 15 is 0 Å². The summed E-state index contributed by atoms with van der Waals surface area (Å²) in [6.45, 7) is 1.63. The third-order valence-electron chi connectivity index (χ3n) is 2.51. The zero-order valence-corrected chi connectivity index (χ0v) is 10.4. The number of hydrogen-bond donors (Lipinski definition) is 2. The lowest BCUT2D eigenvalue weighted by molar-refractivity contribution is -0.138. The number of nitrogens with zero attached hydrogens (tertiary/aromatic N) is 1. The number of anilines is 2. The lowest BCUT2D eigenvalue weighted by Gasteiger charge is -2.08. The Kier molecular flexibility index (Phi) is 3.57. The van der Waals surface area contributed by atoms with Crippen LogP contribution in [-0.4, -0.2) is 16.1 Å². The van der Waals surface area contributed by atoms with E-state index in [-0.39, 0.29) is 0 Å². The van der Waals surface area contributed by atoms with Gasteiger partial charge in [0.2, 0.25) is 5.95 Å². The molecule has 0 aliphatic rings. The second kappa shape index (κ2) is 5.14. The summed E-state index contributed by atoms with van der Waals surface area (Å²) >= 11 is 1.17. The molecule has 0 spiro atoms. The van der Waals surface area contributed by atoms with Crippen molar-refractivity contribution in [3.8, 4) is 0 Å². The van der Waals surface area contributed by atoms with Crippen LogP contribution in [0.15, 0.2) is 29.6 Å². The van der Waals surface area contributed by atoms with Crippen LogP contribution >= 0.6 is 11.3 Å². The molecule has 1 heterocycles. The molecule has 4 nitrogen and oxygen atoms in total. The minimum atomic E-state index is -0.863. The summed E-state index contributed by atoms with van der Waals surface area (Å²) in [5.41, 5.74) is 1.46. The van der Waals surface area contributed by atoms with Crippen LogP contribution in [0.4, 0.5) is 15.2 Å². The molecule has 2 rings (SSSR count). The molecule has 0 saturated heterocycles. The summed E-state index contributed by atoms with van der Waals surface area (Å²) in [5.74, 6) is -1.92. The van der Waals surface area contributed by atoms with Crippen molar-refractivity contribution in [3.63, 3.8) is 0 Å². The van der Waals surface area contributed by atoms with E-state index in [1.54, 1.807) is 31.2 Å². The van der Waals surface area contributed by atoms with Gasteiger partial charge in [0.05, 0.1) is 5.92 Å². The minimum absolute atomic E-state index is 0.464. The summed E-state index contributed by atoms with van der Waals surface area (Å²) in [6.07, 6.45) is 0. The largest absolute Gasteiger partial charge is 0.481 e. The van der Waals surface area contributed by atoms with Crippen LogP contribution in [0, 0.1) is 5.95 Å². The quantitative estimate of drug-likeness (QED) is 0.892. The Balaban J connectivity index is 2.10. The molecule has 1 atom stereocenters. The third-order valence-corrected chi connectivity index (χ3v) is 3.24. The van der Waals surface area contributed by atoms with Gasteiger partial charge in [-0.15, -0.1) is 11.3 Å².